The lowest BCUT2D eigenvalue weighted by Crippen LogP contribution is -2.36. The molecule has 2 heterocycles. The molecule has 1 aliphatic heterocycles. The Kier molecular flexibility index (Phi) is 10.9. The predicted octanol–water partition coefficient (Wildman–Crippen LogP) is 4.41. The maximum Gasteiger partial charge on any atom is 0.387 e. The van der Waals surface area contributed by atoms with Crippen LogP contribution in [0.25, 0.3) is 0 Å². The lowest BCUT2D eigenvalue weighted by atomic mass is 9.99. The summed E-state index contributed by atoms with van der Waals surface area (Å²) in [5.74, 6) is 2.97. The number of alkyl halides is 2. The molecule has 33 heavy (non-hydrogen) atoms. The van der Waals surface area contributed by atoms with Gasteiger partial charge < -0.3 is 25.0 Å². The summed E-state index contributed by atoms with van der Waals surface area (Å²) in [5.41, 5.74) is 1.56. The number of piperidine rings is 1. The summed E-state index contributed by atoms with van der Waals surface area (Å²) in [5, 5.41) is 6.33. The number of nitrogens with one attached hydrogen (secondary N) is 2. The molecule has 0 amide bonds. The van der Waals surface area contributed by atoms with Gasteiger partial charge in [0.05, 0.1) is 7.11 Å². The second-order valence-corrected chi connectivity index (χ2v) is 7.83. The number of anilines is 1. The van der Waals surface area contributed by atoms with Gasteiger partial charge in [0.1, 0.15) is 17.3 Å². The third-order valence-electron chi connectivity index (χ3n) is 5.53. The van der Waals surface area contributed by atoms with E-state index in [2.05, 4.69) is 43.2 Å². The molecule has 2 aromatic rings. The number of nitrogens with zero attached hydrogens (tertiary/aromatic N) is 3. The minimum absolute atomic E-state index is 0. The van der Waals surface area contributed by atoms with Crippen molar-refractivity contribution in [2.45, 2.75) is 39.5 Å². The van der Waals surface area contributed by atoms with Crippen LogP contribution in [0.3, 0.4) is 0 Å². The van der Waals surface area contributed by atoms with Crippen molar-refractivity contribution in [1.82, 2.24) is 15.6 Å². The number of guanidine groups is 1. The monoisotopic (exact) mass is 575 g/mol. The van der Waals surface area contributed by atoms with Crippen LogP contribution in [0.15, 0.2) is 41.5 Å². The van der Waals surface area contributed by atoms with Crippen LogP contribution in [0.2, 0.25) is 0 Å². The minimum atomic E-state index is -2.90. The summed E-state index contributed by atoms with van der Waals surface area (Å²) >= 11 is 0. The number of aromatic nitrogens is 1. The molecular weight excluding hydrogens is 543 g/mol. The van der Waals surface area contributed by atoms with Gasteiger partial charge in [-0.05, 0) is 48.6 Å². The highest BCUT2D eigenvalue weighted by Gasteiger charge is 2.17. The predicted molar refractivity (Wildman–Crippen MR) is 137 cm³/mol. The van der Waals surface area contributed by atoms with Crippen LogP contribution in [-0.2, 0) is 13.1 Å². The second-order valence-electron chi connectivity index (χ2n) is 7.83. The molecule has 182 valence electrons. The van der Waals surface area contributed by atoms with Gasteiger partial charge in [0.2, 0.25) is 0 Å². The van der Waals surface area contributed by atoms with Crippen LogP contribution in [0, 0.1) is 5.92 Å². The number of hydrogen-bond acceptors (Lipinski definition) is 5. The Morgan fingerprint density at radius 1 is 1.18 bits per heavy atom. The van der Waals surface area contributed by atoms with Crippen LogP contribution < -0.4 is 25.0 Å². The molecule has 10 heteroatoms. The van der Waals surface area contributed by atoms with Gasteiger partial charge in [-0.2, -0.15) is 8.78 Å². The molecule has 0 bridgehead atoms. The van der Waals surface area contributed by atoms with Gasteiger partial charge in [0.15, 0.2) is 5.96 Å². The number of aliphatic imine (C=N–C) groups is 1. The molecule has 0 saturated carbocycles. The topological polar surface area (TPSA) is 71.0 Å². The zero-order valence-corrected chi connectivity index (χ0v) is 21.5. The van der Waals surface area contributed by atoms with Crippen molar-refractivity contribution in [3.63, 3.8) is 0 Å². The number of ether oxygens (including phenoxy) is 2. The average Bonchev–Trinajstić information content (AvgIpc) is 2.80. The molecule has 7 nitrogen and oxygen atoms in total. The van der Waals surface area contributed by atoms with Gasteiger partial charge in [-0.1, -0.05) is 13.0 Å². The Morgan fingerprint density at radius 3 is 2.52 bits per heavy atom. The molecule has 0 unspecified atom stereocenters. The highest BCUT2D eigenvalue weighted by Crippen LogP contribution is 2.25. The van der Waals surface area contributed by atoms with Crippen LogP contribution in [0.4, 0.5) is 14.6 Å². The summed E-state index contributed by atoms with van der Waals surface area (Å²) in [6.45, 7) is 2.25. The molecule has 0 atom stereocenters. The SMILES string of the molecule is CN=C(NCc1ccc(N2CCC(C)CC2)nc1)NCc1cc(OC)ccc1OC(F)F.I. The summed E-state index contributed by atoms with van der Waals surface area (Å²) in [6, 6.07) is 8.80. The van der Waals surface area contributed by atoms with E-state index in [0.29, 0.717) is 23.8 Å². The maximum absolute atomic E-state index is 12.7. The van der Waals surface area contributed by atoms with Gasteiger partial charge in [-0.3, -0.25) is 4.99 Å². The van der Waals surface area contributed by atoms with Crippen LogP contribution in [-0.4, -0.2) is 44.8 Å². The Morgan fingerprint density at radius 2 is 1.91 bits per heavy atom. The van der Waals surface area contributed by atoms with E-state index in [-0.39, 0.29) is 36.3 Å². The van der Waals surface area contributed by atoms with Crippen molar-refractivity contribution in [1.29, 1.82) is 0 Å². The molecule has 1 aromatic heterocycles. The number of pyridine rings is 1. The molecule has 1 saturated heterocycles. The highest BCUT2D eigenvalue weighted by molar-refractivity contribution is 14.0. The van der Waals surface area contributed by atoms with E-state index in [4.69, 9.17) is 4.74 Å². The van der Waals surface area contributed by atoms with Crippen molar-refractivity contribution in [3.8, 4) is 11.5 Å². The van der Waals surface area contributed by atoms with E-state index in [0.717, 1.165) is 30.4 Å². The second kappa shape index (κ2) is 13.4. The fraction of sp³-hybridized carbons (Fsp3) is 0.478. The van der Waals surface area contributed by atoms with E-state index in [1.807, 2.05) is 12.3 Å². The Bertz CT molecular complexity index is 891. The molecular formula is C23H32F2IN5O2. The number of halogens is 3. The first kappa shape index (κ1) is 26.9. The molecule has 1 aliphatic rings. The molecule has 0 radical (unpaired) electrons. The van der Waals surface area contributed by atoms with Crippen LogP contribution >= 0.6 is 24.0 Å². The largest absolute Gasteiger partial charge is 0.497 e. The maximum atomic E-state index is 12.7. The van der Waals surface area contributed by atoms with Gasteiger partial charge >= 0.3 is 6.61 Å². The standard InChI is InChI=1S/C23H31F2N5O2.HI/c1-16-8-10-30(11-9-16)21-7-4-17(13-27-21)14-28-23(26-2)29-15-18-12-19(31-3)5-6-20(18)32-22(24)25;/h4-7,12-13,16,22H,8-11,14-15H2,1-3H3,(H2,26,28,29);1H. The molecule has 3 rings (SSSR count). The molecule has 0 spiro atoms. The molecule has 2 N–H and O–H groups in total. The van der Waals surface area contributed by atoms with Crippen molar-refractivity contribution < 1.29 is 18.3 Å². The average molecular weight is 575 g/mol. The van der Waals surface area contributed by atoms with Crippen molar-refractivity contribution in [2.24, 2.45) is 10.9 Å². The third kappa shape index (κ3) is 8.17. The van der Waals surface area contributed by atoms with Crippen molar-refractivity contribution in [2.75, 3.05) is 32.1 Å². The quantitative estimate of drug-likeness (QED) is 0.276. The van der Waals surface area contributed by atoms with Gasteiger partial charge in [0.25, 0.3) is 0 Å². The summed E-state index contributed by atoms with van der Waals surface area (Å²) < 4.78 is 35.2. The first-order valence-electron chi connectivity index (χ1n) is 10.7. The normalized spacial score (nSPS) is 14.6. The molecule has 0 aliphatic carbocycles. The fourth-order valence-corrected chi connectivity index (χ4v) is 3.56. The van der Waals surface area contributed by atoms with Gasteiger partial charge in [0, 0.05) is 45.0 Å². The van der Waals surface area contributed by atoms with Crippen molar-refractivity contribution >= 4 is 35.8 Å². The number of benzene rings is 1. The van der Waals surface area contributed by atoms with Crippen LogP contribution in [0.5, 0.6) is 11.5 Å². The van der Waals surface area contributed by atoms with E-state index in [1.165, 1.54) is 26.0 Å². The Labute approximate surface area is 211 Å². The van der Waals surface area contributed by atoms with E-state index < -0.39 is 6.61 Å². The first-order chi connectivity index (χ1) is 15.5. The Balaban J connectivity index is 0.00000385. The summed E-state index contributed by atoms with van der Waals surface area (Å²) in [6.07, 6.45) is 4.26. The molecule has 1 aromatic carbocycles. The fourth-order valence-electron chi connectivity index (χ4n) is 3.56. The number of methoxy groups -OCH3 is 1. The zero-order chi connectivity index (χ0) is 22.9. The highest BCUT2D eigenvalue weighted by atomic mass is 127. The summed E-state index contributed by atoms with van der Waals surface area (Å²) in [7, 11) is 3.17. The third-order valence-corrected chi connectivity index (χ3v) is 5.53. The van der Waals surface area contributed by atoms with E-state index >= 15 is 0 Å². The minimum Gasteiger partial charge on any atom is -0.497 e. The molecule has 1 fully saturated rings. The lowest BCUT2D eigenvalue weighted by Gasteiger charge is -2.31. The first-order valence-corrected chi connectivity index (χ1v) is 10.7. The number of rotatable bonds is 8. The summed E-state index contributed by atoms with van der Waals surface area (Å²) in [4.78, 5) is 11.1. The van der Waals surface area contributed by atoms with Gasteiger partial charge in [-0.25, -0.2) is 4.98 Å². The number of hydrogen-bond donors (Lipinski definition) is 2. The van der Waals surface area contributed by atoms with Gasteiger partial charge in [-0.15, -0.1) is 24.0 Å². The van der Waals surface area contributed by atoms with Crippen LogP contribution in [0.1, 0.15) is 30.9 Å². The van der Waals surface area contributed by atoms with E-state index in [1.54, 1.807) is 19.2 Å². The Hall–Kier alpha value is -2.37. The lowest BCUT2D eigenvalue weighted by molar-refractivity contribution is -0.0505. The zero-order valence-electron chi connectivity index (χ0n) is 19.2. The van der Waals surface area contributed by atoms with E-state index in [9.17, 15) is 8.78 Å². The smallest absolute Gasteiger partial charge is 0.387 e. The van der Waals surface area contributed by atoms with Crippen molar-refractivity contribution in [3.05, 3.63) is 47.7 Å².